The highest BCUT2D eigenvalue weighted by atomic mass is 32.2. The number of benzene rings is 1. The van der Waals surface area contributed by atoms with Crippen LogP contribution in [0.2, 0.25) is 0 Å². The molecule has 0 bridgehead atoms. The Labute approximate surface area is 125 Å². The van der Waals surface area contributed by atoms with Gasteiger partial charge in [-0.05, 0) is 49.6 Å². The Morgan fingerprint density at radius 3 is 2.52 bits per heavy atom. The highest BCUT2D eigenvalue weighted by Crippen LogP contribution is 2.25. The van der Waals surface area contributed by atoms with Gasteiger partial charge in [0.05, 0.1) is 10.6 Å². The topological polar surface area (TPSA) is 89.3 Å². The number of hydrogen-bond acceptors (Lipinski definition) is 4. The zero-order chi connectivity index (χ0) is 15.5. The Hall–Kier alpha value is -1.40. The molecular weight excluding hydrogens is 288 g/mol. The van der Waals surface area contributed by atoms with Gasteiger partial charge in [0.15, 0.2) is 9.84 Å². The minimum absolute atomic E-state index is 0.0544. The third-order valence-corrected chi connectivity index (χ3v) is 5.88. The van der Waals surface area contributed by atoms with Crippen LogP contribution in [0, 0.1) is 5.92 Å². The SMILES string of the molecule is CCS(=O)(=O)c1ccc(C(=O)NC2CCCC2CN)cc1. The molecule has 0 radical (unpaired) electrons. The van der Waals surface area contributed by atoms with Crippen LogP contribution in [0.25, 0.3) is 0 Å². The largest absolute Gasteiger partial charge is 0.349 e. The van der Waals surface area contributed by atoms with E-state index in [1.807, 2.05) is 0 Å². The van der Waals surface area contributed by atoms with Crippen molar-refractivity contribution in [3.05, 3.63) is 29.8 Å². The Morgan fingerprint density at radius 2 is 1.95 bits per heavy atom. The van der Waals surface area contributed by atoms with Gasteiger partial charge in [-0.1, -0.05) is 13.3 Å². The molecule has 1 aliphatic carbocycles. The third kappa shape index (κ3) is 3.63. The van der Waals surface area contributed by atoms with E-state index in [2.05, 4.69) is 5.32 Å². The number of sulfone groups is 1. The summed E-state index contributed by atoms with van der Waals surface area (Å²) in [5, 5.41) is 3.00. The lowest BCUT2D eigenvalue weighted by Crippen LogP contribution is -2.39. The van der Waals surface area contributed by atoms with Gasteiger partial charge in [0, 0.05) is 11.6 Å². The molecule has 0 saturated heterocycles. The number of amides is 1. The molecule has 5 nitrogen and oxygen atoms in total. The van der Waals surface area contributed by atoms with Gasteiger partial charge in [-0.2, -0.15) is 0 Å². The molecule has 116 valence electrons. The van der Waals surface area contributed by atoms with E-state index in [0.29, 0.717) is 18.0 Å². The maximum absolute atomic E-state index is 12.2. The molecule has 1 amide bonds. The second-order valence-electron chi connectivity index (χ2n) is 5.43. The summed E-state index contributed by atoms with van der Waals surface area (Å²) in [5.74, 6) is 0.230. The number of carbonyl (C=O) groups excluding carboxylic acids is 1. The van der Waals surface area contributed by atoms with Crippen molar-refractivity contribution in [1.82, 2.24) is 5.32 Å². The molecule has 0 aliphatic heterocycles. The van der Waals surface area contributed by atoms with Gasteiger partial charge < -0.3 is 11.1 Å². The standard InChI is InChI=1S/C15H22N2O3S/c1-2-21(19,20)13-8-6-11(7-9-13)15(18)17-14-5-3-4-12(14)10-16/h6-9,12,14H,2-5,10,16H2,1H3,(H,17,18). The molecule has 1 saturated carbocycles. The Balaban J connectivity index is 2.07. The van der Waals surface area contributed by atoms with E-state index in [4.69, 9.17) is 5.73 Å². The summed E-state index contributed by atoms with van der Waals surface area (Å²) in [4.78, 5) is 12.4. The van der Waals surface area contributed by atoms with Crippen LogP contribution in [0.1, 0.15) is 36.5 Å². The van der Waals surface area contributed by atoms with E-state index in [1.54, 1.807) is 19.1 Å². The molecule has 6 heteroatoms. The van der Waals surface area contributed by atoms with E-state index in [1.165, 1.54) is 12.1 Å². The summed E-state index contributed by atoms with van der Waals surface area (Å²) in [5.41, 5.74) is 6.18. The highest BCUT2D eigenvalue weighted by Gasteiger charge is 2.27. The predicted octanol–water partition coefficient (Wildman–Crippen LogP) is 1.34. The van der Waals surface area contributed by atoms with Crippen LogP contribution >= 0.6 is 0 Å². The quantitative estimate of drug-likeness (QED) is 0.859. The summed E-state index contributed by atoms with van der Waals surface area (Å²) in [6, 6.07) is 6.22. The van der Waals surface area contributed by atoms with Gasteiger partial charge in [-0.3, -0.25) is 4.79 Å². The lowest BCUT2D eigenvalue weighted by Gasteiger charge is -2.19. The molecule has 1 aromatic rings. The van der Waals surface area contributed by atoms with Crippen LogP contribution in [-0.4, -0.2) is 32.7 Å². The second-order valence-corrected chi connectivity index (χ2v) is 7.71. The number of hydrogen-bond donors (Lipinski definition) is 2. The second kappa shape index (κ2) is 6.58. The summed E-state index contributed by atoms with van der Waals surface area (Å²) in [7, 11) is -3.22. The molecule has 1 aromatic carbocycles. The third-order valence-electron chi connectivity index (χ3n) is 4.13. The molecule has 1 fully saturated rings. The highest BCUT2D eigenvalue weighted by molar-refractivity contribution is 7.91. The van der Waals surface area contributed by atoms with Crippen LogP contribution < -0.4 is 11.1 Å². The molecule has 0 aromatic heterocycles. The van der Waals surface area contributed by atoms with E-state index in [-0.39, 0.29) is 22.6 Å². The van der Waals surface area contributed by atoms with Crippen molar-refractivity contribution in [2.24, 2.45) is 11.7 Å². The van der Waals surface area contributed by atoms with Gasteiger partial charge >= 0.3 is 0 Å². The van der Waals surface area contributed by atoms with Crippen LogP contribution in [0.5, 0.6) is 0 Å². The van der Waals surface area contributed by atoms with Crippen molar-refractivity contribution in [2.45, 2.75) is 37.1 Å². The molecule has 2 rings (SSSR count). The summed E-state index contributed by atoms with van der Waals surface area (Å²) >= 11 is 0. The Morgan fingerprint density at radius 1 is 1.29 bits per heavy atom. The van der Waals surface area contributed by atoms with E-state index >= 15 is 0 Å². The molecule has 0 spiro atoms. The minimum atomic E-state index is -3.22. The molecule has 2 unspecified atom stereocenters. The van der Waals surface area contributed by atoms with E-state index in [9.17, 15) is 13.2 Å². The Bertz CT molecular complexity index is 596. The zero-order valence-corrected chi connectivity index (χ0v) is 13.0. The average molecular weight is 310 g/mol. The van der Waals surface area contributed by atoms with Gasteiger partial charge in [0.2, 0.25) is 0 Å². The van der Waals surface area contributed by atoms with Gasteiger partial charge in [-0.15, -0.1) is 0 Å². The lowest BCUT2D eigenvalue weighted by atomic mass is 10.0. The fourth-order valence-electron chi connectivity index (χ4n) is 2.74. The van der Waals surface area contributed by atoms with Crippen LogP contribution in [0.3, 0.4) is 0 Å². The first-order valence-electron chi connectivity index (χ1n) is 7.31. The molecular formula is C15H22N2O3S. The smallest absolute Gasteiger partial charge is 0.251 e. The van der Waals surface area contributed by atoms with Crippen LogP contribution in [0.15, 0.2) is 29.2 Å². The maximum atomic E-state index is 12.2. The van der Waals surface area contributed by atoms with Crippen LogP contribution in [-0.2, 0) is 9.84 Å². The first kappa shape index (κ1) is 16.0. The van der Waals surface area contributed by atoms with Gasteiger partial charge in [0.1, 0.15) is 0 Å². The number of rotatable bonds is 5. The summed E-state index contributed by atoms with van der Waals surface area (Å²) < 4.78 is 23.5. The molecule has 1 aliphatic rings. The number of nitrogens with two attached hydrogens (primary N) is 1. The number of carbonyl (C=O) groups is 1. The molecule has 0 heterocycles. The van der Waals surface area contributed by atoms with E-state index < -0.39 is 9.84 Å². The van der Waals surface area contributed by atoms with Crippen molar-refractivity contribution < 1.29 is 13.2 Å². The predicted molar refractivity (Wildman–Crippen MR) is 81.8 cm³/mol. The van der Waals surface area contributed by atoms with Crippen molar-refractivity contribution in [3.63, 3.8) is 0 Å². The average Bonchev–Trinajstić information content (AvgIpc) is 2.94. The fraction of sp³-hybridized carbons (Fsp3) is 0.533. The van der Waals surface area contributed by atoms with E-state index in [0.717, 1.165) is 19.3 Å². The van der Waals surface area contributed by atoms with Crippen LogP contribution in [0.4, 0.5) is 0 Å². The number of nitrogens with one attached hydrogen (secondary N) is 1. The van der Waals surface area contributed by atoms with Gasteiger partial charge in [-0.25, -0.2) is 8.42 Å². The maximum Gasteiger partial charge on any atom is 0.251 e. The first-order chi connectivity index (χ1) is 9.97. The van der Waals surface area contributed by atoms with Gasteiger partial charge in [0.25, 0.3) is 5.91 Å². The van der Waals surface area contributed by atoms with Crippen molar-refractivity contribution >= 4 is 15.7 Å². The zero-order valence-electron chi connectivity index (χ0n) is 12.2. The molecule has 2 atom stereocenters. The Kier molecular flexibility index (Phi) is 5.00. The molecule has 21 heavy (non-hydrogen) atoms. The van der Waals surface area contributed by atoms with Crippen molar-refractivity contribution in [3.8, 4) is 0 Å². The van der Waals surface area contributed by atoms with Crippen molar-refractivity contribution in [2.75, 3.05) is 12.3 Å². The lowest BCUT2D eigenvalue weighted by molar-refractivity contribution is 0.0928. The normalized spacial score (nSPS) is 22.2. The monoisotopic (exact) mass is 310 g/mol. The molecule has 3 N–H and O–H groups in total. The first-order valence-corrected chi connectivity index (χ1v) is 8.97. The summed E-state index contributed by atoms with van der Waals surface area (Å²) in [6.45, 7) is 2.18. The minimum Gasteiger partial charge on any atom is -0.349 e. The van der Waals surface area contributed by atoms with Crippen molar-refractivity contribution in [1.29, 1.82) is 0 Å². The summed E-state index contributed by atoms with van der Waals surface area (Å²) in [6.07, 6.45) is 3.09. The fourth-order valence-corrected chi connectivity index (χ4v) is 3.63.